The Bertz CT molecular complexity index is 489. The second kappa shape index (κ2) is 5.18. The fraction of sp³-hybridized carbons (Fsp3) is 0.294. The highest BCUT2D eigenvalue weighted by atomic mass is 14.0. The number of benzene rings is 2. The van der Waals surface area contributed by atoms with E-state index in [0.717, 1.165) is 12.8 Å². The van der Waals surface area contributed by atoms with Crippen LogP contribution in [0, 0.1) is 13.8 Å². The van der Waals surface area contributed by atoms with Crippen LogP contribution in [0.4, 0.5) is 0 Å². The molecule has 0 heteroatoms. The lowest BCUT2D eigenvalue weighted by molar-refractivity contribution is 1.10. The first kappa shape index (κ1) is 11.9. The van der Waals surface area contributed by atoms with E-state index in [0.29, 0.717) is 0 Å². The van der Waals surface area contributed by atoms with Gasteiger partial charge in [0.2, 0.25) is 0 Å². The molecule has 0 saturated carbocycles. The van der Waals surface area contributed by atoms with Crippen molar-refractivity contribution < 1.29 is 0 Å². The van der Waals surface area contributed by atoms with Crippen molar-refractivity contribution in [1.29, 1.82) is 0 Å². The molecular weight excluding hydrogens is 204 g/mol. The van der Waals surface area contributed by atoms with Crippen LogP contribution in [0.1, 0.15) is 34.7 Å². The summed E-state index contributed by atoms with van der Waals surface area (Å²) in [6.07, 6.45) is 2.15. The van der Waals surface area contributed by atoms with Crippen LogP contribution in [-0.4, -0.2) is 0 Å². The minimum absolute atomic E-state index is 1.04. The number of rotatable bonds is 3. The van der Waals surface area contributed by atoms with Gasteiger partial charge in [0, 0.05) is 0 Å². The Balaban J connectivity index is 2.24. The van der Waals surface area contributed by atoms with Crippen LogP contribution >= 0.6 is 0 Å². The van der Waals surface area contributed by atoms with Gasteiger partial charge in [-0.2, -0.15) is 0 Å². The Kier molecular flexibility index (Phi) is 3.63. The Labute approximate surface area is 104 Å². The molecule has 17 heavy (non-hydrogen) atoms. The fourth-order valence-electron chi connectivity index (χ4n) is 2.37. The standard InChI is InChI=1S/C17H20/c1-4-15-6-5-7-16(11-15)12-17-9-13(2)8-14(3)10-17/h5-11H,4,12H2,1-3H3. The molecule has 2 rings (SSSR count). The molecule has 0 spiro atoms. The van der Waals surface area contributed by atoms with Crippen LogP contribution in [0.3, 0.4) is 0 Å². The van der Waals surface area contributed by atoms with E-state index in [1.54, 1.807) is 0 Å². The maximum Gasteiger partial charge on any atom is -0.00255 e. The van der Waals surface area contributed by atoms with Gasteiger partial charge in [-0.3, -0.25) is 0 Å². The van der Waals surface area contributed by atoms with E-state index in [4.69, 9.17) is 0 Å². The molecule has 0 aliphatic heterocycles. The molecule has 2 aromatic rings. The number of hydrogen-bond donors (Lipinski definition) is 0. The third-order valence-electron chi connectivity index (χ3n) is 3.09. The van der Waals surface area contributed by atoms with E-state index in [1.807, 2.05) is 0 Å². The zero-order valence-corrected chi connectivity index (χ0v) is 11.0. The van der Waals surface area contributed by atoms with Gasteiger partial charge in [-0.25, -0.2) is 0 Å². The summed E-state index contributed by atoms with van der Waals surface area (Å²) in [6.45, 7) is 6.54. The minimum atomic E-state index is 1.04. The zero-order chi connectivity index (χ0) is 12.3. The van der Waals surface area contributed by atoms with Crippen molar-refractivity contribution in [3.8, 4) is 0 Å². The normalized spacial score (nSPS) is 10.5. The monoisotopic (exact) mass is 224 g/mol. The van der Waals surface area contributed by atoms with Gasteiger partial charge in [-0.1, -0.05) is 60.5 Å². The van der Waals surface area contributed by atoms with Gasteiger partial charge >= 0.3 is 0 Å². The summed E-state index contributed by atoms with van der Waals surface area (Å²) in [5, 5.41) is 0. The van der Waals surface area contributed by atoms with Crippen LogP contribution in [0.2, 0.25) is 0 Å². The quantitative estimate of drug-likeness (QED) is 0.722. The van der Waals surface area contributed by atoms with Gasteiger partial charge in [-0.15, -0.1) is 0 Å². The smallest absolute Gasteiger partial charge is 0.00255 e. The molecule has 0 N–H and O–H groups in total. The first-order valence-corrected chi connectivity index (χ1v) is 6.32. The third-order valence-corrected chi connectivity index (χ3v) is 3.09. The summed E-state index contributed by atoms with van der Waals surface area (Å²) in [4.78, 5) is 0. The Hall–Kier alpha value is -1.56. The molecule has 88 valence electrons. The first-order chi connectivity index (χ1) is 8.17. The van der Waals surface area contributed by atoms with Crippen molar-refractivity contribution in [2.45, 2.75) is 33.6 Å². The molecule has 0 unspecified atom stereocenters. The second-order valence-electron chi connectivity index (χ2n) is 4.85. The molecule has 0 heterocycles. The van der Waals surface area contributed by atoms with Crippen LogP contribution in [0.15, 0.2) is 42.5 Å². The molecule has 0 bridgehead atoms. The predicted molar refractivity (Wildman–Crippen MR) is 74.5 cm³/mol. The molecular formula is C17H20. The highest BCUT2D eigenvalue weighted by molar-refractivity contribution is 5.34. The summed E-state index contributed by atoms with van der Waals surface area (Å²) in [5.41, 5.74) is 6.95. The minimum Gasteiger partial charge on any atom is -0.0617 e. The molecule has 2 aromatic carbocycles. The van der Waals surface area contributed by atoms with Gasteiger partial charge in [-0.05, 0) is 43.4 Å². The fourth-order valence-corrected chi connectivity index (χ4v) is 2.37. The molecule has 0 fully saturated rings. The topological polar surface area (TPSA) is 0 Å². The maximum atomic E-state index is 2.32. The summed E-state index contributed by atoms with van der Waals surface area (Å²) in [7, 11) is 0. The number of hydrogen-bond acceptors (Lipinski definition) is 0. The van der Waals surface area contributed by atoms with Crippen LogP contribution in [0.5, 0.6) is 0 Å². The van der Waals surface area contributed by atoms with Gasteiger partial charge in [0.1, 0.15) is 0 Å². The van der Waals surface area contributed by atoms with E-state index < -0.39 is 0 Å². The lowest BCUT2D eigenvalue weighted by atomic mass is 9.99. The van der Waals surface area contributed by atoms with Gasteiger partial charge in [0.05, 0.1) is 0 Å². The van der Waals surface area contributed by atoms with Crippen molar-refractivity contribution in [1.82, 2.24) is 0 Å². The summed E-state index contributed by atoms with van der Waals surface area (Å²) in [6, 6.07) is 15.7. The molecule has 0 aliphatic rings. The van der Waals surface area contributed by atoms with Gasteiger partial charge in [0.25, 0.3) is 0 Å². The van der Waals surface area contributed by atoms with E-state index in [1.165, 1.54) is 27.8 Å². The van der Waals surface area contributed by atoms with Gasteiger partial charge < -0.3 is 0 Å². The molecule has 0 amide bonds. The molecule has 0 atom stereocenters. The van der Waals surface area contributed by atoms with E-state index in [9.17, 15) is 0 Å². The van der Waals surface area contributed by atoms with Crippen molar-refractivity contribution >= 4 is 0 Å². The van der Waals surface area contributed by atoms with Crippen molar-refractivity contribution in [3.63, 3.8) is 0 Å². The average Bonchev–Trinajstić information content (AvgIpc) is 2.28. The number of aryl methyl sites for hydroxylation is 3. The molecule has 0 aromatic heterocycles. The van der Waals surface area contributed by atoms with Crippen LogP contribution in [-0.2, 0) is 12.8 Å². The predicted octanol–water partition coefficient (Wildman–Crippen LogP) is 4.46. The van der Waals surface area contributed by atoms with Gasteiger partial charge in [0.15, 0.2) is 0 Å². The molecule has 0 saturated heterocycles. The highest BCUT2D eigenvalue weighted by Gasteiger charge is 1.99. The SMILES string of the molecule is CCc1cccc(Cc2cc(C)cc(C)c2)c1. The average molecular weight is 224 g/mol. The summed E-state index contributed by atoms with van der Waals surface area (Å²) in [5.74, 6) is 0. The van der Waals surface area contributed by atoms with E-state index in [2.05, 4.69) is 63.2 Å². The Morgan fingerprint density at radius 3 is 2.06 bits per heavy atom. The lowest BCUT2D eigenvalue weighted by Gasteiger charge is -2.06. The van der Waals surface area contributed by atoms with Crippen LogP contribution < -0.4 is 0 Å². The highest BCUT2D eigenvalue weighted by Crippen LogP contribution is 2.15. The van der Waals surface area contributed by atoms with E-state index >= 15 is 0 Å². The zero-order valence-electron chi connectivity index (χ0n) is 11.0. The third kappa shape index (κ3) is 3.20. The van der Waals surface area contributed by atoms with Crippen molar-refractivity contribution in [3.05, 3.63) is 70.3 Å². The molecule has 0 aliphatic carbocycles. The Morgan fingerprint density at radius 2 is 1.41 bits per heavy atom. The summed E-state index contributed by atoms with van der Waals surface area (Å²) < 4.78 is 0. The first-order valence-electron chi connectivity index (χ1n) is 6.32. The van der Waals surface area contributed by atoms with Crippen LogP contribution in [0.25, 0.3) is 0 Å². The van der Waals surface area contributed by atoms with Crippen molar-refractivity contribution in [2.75, 3.05) is 0 Å². The van der Waals surface area contributed by atoms with Crippen molar-refractivity contribution in [2.24, 2.45) is 0 Å². The second-order valence-corrected chi connectivity index (χ2v) is 4.85. The summed E-state index contributed by atoms with van der Waals surface area (Å²) >= 11 is 0. The Morgan fingerprint density at radius 1 is 0.765 bits per heavy atom. The molecule has 0 nitrogen and oxygen atoms in total. The molecule has 0 radical (unpaired) electrons. The lowest BCUT2D eigenvalue weighted by Crippen LogP contribution is -1.92. The largest absolute Gasteiger partial charge is 0.0617 e. The van der Waals surface area contributed by atoms with E-state index in [-0.39, 0.29) is 0 Å². The maximum absolute atomic E-state index is 2.32.